The van der Waals surface area contributed by atoms with Crippen molar-refractivity contribution in [2.24, 2.45) is 5.92 Å². The molecule has 0 amide bonds. The Labute approximate surface area is 174 Å². The Morgan fingerprint density at radius 3 is 2.10 bits per heavy atom. The highest BCUT2D eigenvalue weighted by molar-refractivity contribution is 6.15. The molecule has 2 N–H and O–H groups in total. The summed E-state index contributed by atoms with van der Waals surface area (Å²) in [5, 5.41) is 22.3. The Kier molecular flexibility index (Phi) is 6.57. The van der Waals surface area contributed by atoms with E-state index in [0.29, 0.717) is 19.3 Å². The van der Waals surface area contributed by atoms with Crippen LogP contribution in [0, 0.1) is 5.92 Å². The van der Waals surface area contributed by atoms with Crippen LogP contribution in [0.5, 0.6) is 0 Å². The van der Waals surface area contributed by atoms with Gasteiger partial charge >= 0.3 is 23.9 Å². The number of carbonyl (C=O) groups excluding carboxylic acids is 4. The largest absolute Gasteiger partial charge is 0.386 e. The summed E-state index contributed by atoms with van der Waals surface area (Å²) < 4.78 is 9.58. The Morgan fingerprint density at radius 1 is 0.867 bits per heavy atom. The molecule has 0 aromatic heterocycles. The van der Waals surface area contributed by atoms with Crippen LogP contribution in [0.4, 0.5) is 0 Å². The van der Waals surface area contributed by atoms with Gasteiger partial charge < -0.3 is 19.7 Å². The van der Waals surface area contributed by atoms with E-state index in [4.69, 9.17) is 9.47 Å². The van der Waals surface area contributed by atoms with Gasteiger partial charge in [0.2, 0.25) is 0 Å². The van der Waals surface area contributed by atoms with Crippen molar-refractivity contribution in [2.75, 3.05) is 0 Å². The second-order valence-corrected chi connectivity index (χ2v) is 8.32. The molecule has 0 aromatic carbocycles. The van der Waals surface area contributed by atoms with Crippen LogP contribution < -0.4 is 0 Å². The predicted molar refractivity (Wildman–Crippen MR) is 104 cm³/mol. The molecule has 2 heterocycles. The van der Waals surface area contributed by atoms with Gasteiger partial charge in [-0.05, 0) is 25.2 Å². The topological polar surface area (TPSA) is 127 Å². The van der Waals surface area contributed by atoms with Crippen molar-refractivity contribution in [1.29, 1.82) is 0 Å². The molecular formula is C22H28O8. The first-order chi connectivity index (χ1) is 14.2. The Morgan fingerprint density at radius 2 is 1.47 bits per heavy atom. The molecule has 1 aliphatic carbocycles. The molecule has 0 unspecified atom stereocenters. The molecule has 0 saturated carbocycles. The van der Waals surface area contributed by atoms with Gasteiger partial charge in [-0.25, -0.2) is 19.2 Å². The van der Waals surface area contributed by atoms with Crippen LogP contribution in [0.25, 0.3) is 0 Å². The normalized spacial score (nSPS) is 29.3. The molecule has 3 atom stereocenters. The maximum Gasteiger partial charge on any atom is 0.345 e. The summed E-state index contributed by atoms with van der Waals surface area (Å²) in [7, 11) is 0. The van der Waals surface area contributed by atoms with Crippen molar-refractivity contribution in [3.63, 3.8) is 0 Å². The third kappa shape index (κ3) is 3.98. The van der Waals surface area contributed by atoms with Gasteiger partial charge in [0.25, 0.3) is 0 Å². The molecular weight excluding hydrogens is 392 g/mol. The van der Waals surface area contributed by atoms with Gasteiger partial charge in [-0.1, -0.05) is 46.0 Å². The average molecular weight is 420 g/mol. The summed E-state index contributed by atoms with van der Waals surface area (Å²) in [5.41, 5.74) is -2.05. The van der Waals surface area contributed by atoms with E-state index in [-0.39, 0.29) is 41.6 Å². The molecule has 0 saturated heterocycles. The van der Waals surface area contributed by atoms with E-state index in [2.05, 4.69) is 0 Å². The van der Waals surface area contributed by atoms with Gasteiger partial charge in [0.15, 0.2) is 0 Å². The first-order valence-electron chi connectivity index (χ1n) is 10.6. The third-order valence-electron chi connectivity index (χ3n) is 6.20. The number of hydrogen-bond donors (Lipinski definition) is 2. The van der Waals surface area contributed by atoms with Crippen molar-refractivity contribution in [1.82, 2.24) is 0 Å². The maximum atomic E-state index is 12.5. The zero-order chi connectivity index (χ0) is 22.1. The molecule has 164 valence electrons. The molecule has 0 radical (unpaired) electrons. The third-order valence-corrected chi connectivity index (χ3v) is 6.20. The minimum atomic E-state index is -1.91. The van der Waals surface area contributed by atoms with E-state index in [9.17, 15) is 29.4 Å². The van der Waals surface area contributed by atoms with Crippen LogP contribution in [0.3, 0.4) is 0 Å². The van der Waals surface area contributed by atoms with Gasteiger partial charge in [-0.2, -0.15) is 0 Å². The Balaban J connectivity index is 2.15. The molecule has 30 heavy (non-hydrogen) atoms. The van der Waals surface area contributed by atoms with Crippen LogP contribution in [0.2, 0.25) is 0 Å². The van der Waals surface area contributed by atoms with Gasteiger partial charge in [0.1, 0.15) is 6.10 Å². The highest BCUT2D eigenvalue weighted by Gasteiger charge is 2.51. The number of ether oxygens (including phenoxy) is 2. The fraction of sp³-hybridized carbons (Fsp3) is 0.636. The van der Waals surface area contributed by atoms with Crippen LogP contribution in [0.1, 0.15) is 71.6 Å². The lowest BCUT2D eigenvalue weighted by Gasteiger charge is -2.33. The minimum absolute atomic E-state index is 0.0288. The standard InChI is InChI=1S/C22H28O8/c1-3-5-7-8-12-10-13-16(21(27)29-18(13)24)17(23)22(28,9-6-4-2)11-14-15(12)20(26)30-19(14)25/h12,17,23,28H,3-11H2,1-2H3/t12-,17-,22-/m0/s1. The highest BCUT2D eigenvalue weighted by Crippen LogP contribution is 2.43. The van der Waals surface area contributed by atoms with E-state index < -0.39 is 41.5 Å². The molecule has 0 spiro atoms. The lowest BCUT2D eigenvalue weighted by molar-refractivity contribution is -0.153. The lowest BCUT2D eigenvalue weighted by Crippen LogP contribution is -2.45. The van der Waals surface area contributed by atoms with Crippen molar-refractivity contribution in [3.8, 4) is 0 Å². The smallest absolute Gasteiger partial charge is 0.345 e. The van der Waals surface area contributed by atoms with Crippen molar-refractivity contribution in [3.05, 3.63) is 22.3 Å². The number of unbranched alkanes of at least 4 members (excludes halogenated alkanes) is 3. The van der Waals surface area contributed by atoms with Gasteiger partial charge in [-0.3, -0.25) is 0 Å². The minimum Gasteiger partial charge on any atom is -0.386 e. The van der Waals surface area contributed by atoms with Crippen molar-refractivity contribution >= 4 is 23.9 Å². The lowest BCUT2D eigenvalue weighted by atomic mass is 9.80. The van der Waals surface area contributed by atoms with E-state index >= 15 is 0 Å². The summed E-state index contributed by atoms with van der Waals surface area (Å²) in [4.78, 5) is 49.7. The monoisotopic (exact) mass is 420 g/mol. The second kappa shape index (κ2) is 8.81. The second-order valence-electron chi connectivity index (χ2n) is 8.32. The number of esters is 4. The number of aliphatic hydroxyl groups is 2. The molecule has 3 aliphatic rings. The Bertz CT molecular complexity index is 836. The van der Waals surface area contributed by atoms with E-state index in [1.54, 1.807) is 0 Å². The molecule has 0 fully saturated rings. The fourth-order valence-electron chi connectivity index (χ4n) is 4.53. The Hall–Kier alpha value is -2.32. The average Bonchev–Trinajstić information content (AvgIpc) is 3.13. The van der Waals surface area contributed by atoms with E-state index in [1.807, 2.05) is 13.8 Å². The number of carbonyl (C=O) groups is 4. The zero-order valence-electron chi connectivity index (χ0n) is 17.4. The first kappa shape index (κ1) is 22.4. The fourth-order valence-corrected chi connectivity index (χ4v) is 4.53. The van der Waals surface area contributed by atoms with E-state index in [1.165, 1.54) is 0 Å². The molecule has 2 aliphatic heterocycles. The van der Waals surface area contributed by atoms with E-state index in [0.717, 1.165) is 19.3 Å². The summed E-state index contributed by atoms with van der Waals surface area (Å²) in [6, 6.07) is 0. The number of cyclic esters (lactones) is 4. The molecule has 8 heteroatoms. The molecule has 3 rings (SSSR count). The quantitative estimate of drug-likeness (QED) is 0.364. The highest BCUT2D eigenvalue weighted by atomic mass is 16.6. The maximum absolute atomic E-state index is 12.5. The van der Waals surface area contributed by atoms with Crippen LogP contribution in [-0.2, 0) is 28.7 Å². The summed E-state index contributed by atoms with van der Waals surface area (Å²) in [5.74, 6) is -4.04. The number of aliphatic hydroxyl groups excluding tert-OH is 1. The van der Waals surface area contributed by atoms with Crippen LogP contribution >= 0.6 is 0 Å². The molecule has 0 bridgehead atoms. The molecule has 8 nitrogen and oxygen atoms in total. The van der Waals surface area contributed by atoms with Gasteiger partial charge in [-0.15, -0.1) is 0 Å². The van der Waals surface area contributed by atoms with Crippen molar-refractivity contribution < 1.29 is 38.9 Å². The van der Waals surface area contributed by atoms with Crippen LogP contribution in [0.15, 0.2) is 22.3 Å². The zero-order valence-corrected chi connectivity index (χ0v) is 17.4. The number of hydrogen-bond acceptors (Lipinski definition) is 8. The molecule has 0 aromatic rings. The first-order valence-corrected chi connectivity index (χ1v) is 10.6. The van der Waals surface area contributed by atoms with Crippen molar-refractivity contribution in [2.45, 2.75) is 83.3 Å². The van der Waals surface area contributed by atoms with Gasteiger partial charge in [0.05, 0.1) is 27.9 Å². The van der Waals surface area contributed by atoms with Crippen LogP contribution in [-0.4, -0.2) is 45.8 Å². The summed E-state index contributed by atoms with van der Waals surface area (Å²) in [6.45, 7) is 3.92. The van der Waals surface area contributed by atoms with Gasteiger partial charge in [0, 0.05) is 6.42 Å². The number of rotatable bonds is 7. The SMILES string of the molecule is CCCCC[C@H]1CC2=C(C(=O)OC2=O)[C@H](O)[C@](O)(CCCC)CC2=C1C(=O)OC2=O. The predicted octanol–water partition coefficient (Wildman–Crippen LogP) is 2.02. The summed E-state index contributed by atoms with van der Waals surface area (Å²) >= 11 is 0. The summed E-state index contributed by atoms with van der Waals surface area (Å²) in [6.07, 6.45) is 2.25.